The van der Waals surface area contributed by atoms with E-state index in [1.807, 2.05) is 0 Å². The molecule has 2 aromatic carbocycles. The monoisotopic (exact) mass is 328 g/mol. The van der Waals surface area contributed by atoms with Crippen molar-refractivity contribution < 1.29 is 4.74 Å². The molecule has 1 heterocycles. The Balaban J connectivity index is 1.77. The van der Waals surface area contributed by atoms with Crippen LogP contribution in [-0.4, -0.2) is 5.38 Å². The minimum atomic E-state index is 0.0907. The molecule has 122 valence electrons. The molecule has 0 aromatic heterocycles. The first-order chi connectivity index (χ1) is 11.2. The van der Waals surface area contributed by atoms with Crippen LogP contribution in [0.5, 0.6) is 0 Å². The lowest BCUT2D eigenvalue weighted by molar-refractivity contribution is -0.0516. The fraction of sp³-hybridized carbons (Fsp3) is 0.429. The molecular formula is C21H25ClO. The van der Waals surface area contributed by atoms with Gasteiger partial charge in [0.1, 0.15) is 0 Å². The summed E-state index contributed by atoms with van der Waals surface area (Å²) in [6.45, 7) is 4.35. The smallest absolute Gasteiger partial charge is 0.0847 e. The number of hydrogen-bond donors (Lipinski definition) is 0. The zero-order chi connectivity index (χ0) is 16.2. The van der Waals surface area contributed by atoms with E-state index in [1.165, 1.54) is 22.3 Å². The van der Waals surface area contributed by atoms with Crippen LogP contribution in [-0.2, 0) is 17.6 Å². The summed E-state index contributed by atoms with van der Waals surface area (Å²) in [4.78, 5) is 0. The molecule has 2 heteroatoms. The highest BCUT2D eigenvalue weighted by molar-refractivity contribution is 6.20. The van der Waals surface area contributed by atoms with Gasteiger partial charge >= 0.3 is 0 Å². The SMILES string of the molecule is CCc1ccc([C@@H]2CC(Cl)C[C@H](c3ccc(CC)cc3)O2)cc1. The Hall–Kier alpha value is -1.31. The van der Waals surface area contributed by atoms with E-state index < -0.39 is 0 Å². The molecule has 0 radical (unpaired) electrons. The van der Waals surface area contributed by atoms with Gasteiger partial charge in [0.15, 0.2) is 0 Å². The van der Waals surface area contributed by atoms with Crippen LogP contribution in [0.1, 0.15) is 61.2 Å². The van der Waals surface area contributed by atoms with Crippen molar-refractivity contribution in [2.45, 2.75) is 57.1 Å². The van der Waals surface area contributed by atoms with E-state index in [4.69, 9.17) is 16.3 Å². The summed E-state index contributed by atoms with van der Waals surface area (Å²) in [6.07, 6.45) is 4.08. The maximum atomic E-state index is 6.54. The lowest BCUT2D eigenvalue weighted by Gasteiger charge is -2.33. The summed E-state index contributed by atoms with van der Waals surface area (Å²) in [5.74, 6) is 0. The number of rotatable bonds is 4. The van der Waals surface area contributed by atoms with Crippen molar-refractivity contribution in [2.75, 3.05) is 0 Å². The van der Waals surface area contributed by atoms with E-state index in [0.29, 0.717) is 0 Å². The van der Waals surface area contributed by atoms with Crippen molar-refractivity contribution in [1.29, 1.82) is 0 Å². The fourth-order valence-corrected chi connectivity index (χ4v) is 3.56. The largest absolute Gasteiger partial charge is 0.365 e. The Labute approximate surface area is 144 Å². The number of alkyl halides is 1. The minimum absolute atomic E-state index is 0.0907. The van der Waals surface area contributed by atoms with Gasteiger partial charge in [0, 0.05) is 5.38 Å². The Morgan fingerprint density at radius 3 is 1.52 bits per heavy atom. The Morgan fingerprint density at radius 1 is 0.783 bits per heavy atom. The molecule has 0 N–H and O–H groups in total. The normalized spacial score (nSPS) is 24.6. The maximum absolute atomic E-state index is 6.54. The highest BCUT2D eigenvalue weighted by Gasteiger charge is 2.30. The number of hydrogen-bond acceptors (Lipinski definition) is 1. The van der Waals surface area contributed by atoms with Crippen LogP contribution >= 0.6 is 11.6 Å². The third-order valence-corrected chi connectivity index (χ3v) is 5.14. The van der Waals surface area contributed by atoms with Gasteiger partial charge in [-0.3, -0.25) is 0 Å². The summed E-state index contributed by atoms with van der Waals surface area (Å²) in [7, 11) is 0. The van der Waals surface area contributed by atoms with E-state index in [2.05, 4.69) is 62.4 Å². The quantitative estimate of drug-likeness (QED) is 0.624. The first-order valence-electron chi connectivity index (χ1n) is 8.66. The molecule has 2 aromatic rings. The number of aryl methyl sites for hydroxylation is 2. The highest BCUT2D eigenvalue weighted by atomic mass is 35.5. The average Bonchev–Trinajstić information content (AvgIpc) is 2.61. The number of ether oxygens (including phenoxy) is 1. The predicted molar refractivity (Wildman–Crippen MR) is 97.1 cm³/mol. The van der Waals surface area contributed by atoms with Crippen molar-refractivity contribution in [3.05, 3.63) is 70.8 Å². The lowest BCUT2D eigenvalue weighted by Crippen LogP contribution is -2.23. The van der Waals surface area contributed by atoms with E-state index in [-0.39, 0.29) is 17.6 Å². The highest BCUT2D eigenvalue weighted by Crippen LogP contribution is 2.40. The van der Waals surface area contributed by atoms with Gasteiger partial charge in [-0.2, -0.15) is 0 Å². The first-order valence-corrected chi connectivity index (χ1v) is 9.10. The molecule has 1 nitrogen and oxygen atoms in total. The van der Waals surface area contributed by atoms with Gasteiger partial charge in [-0.25, -0.2) is 0 Å². The van der Waals surface area contributed by atoms with Crippen LogP contribution < -0.4 is 0 Å². The van der Waals surface area contributed by atoms with Gasteiger partial charge < -0.3 is 4.74 Å². The molecule has 3 rings (SSSR count). The summed E-state index contributed by atoms with van der Waals surface area (Å²) < 4.78 is 6.39. The first kappa shape index (κ1) is 16.5. The molecule has 1 aliphatic heterocycles. The number of halogens is 1. The second-order valence-corrected chi connectivity index (χ2v) is 6.99. The maximum Gasteiger partial charge on any atom is 0.0847 e. The molecule has 0 bridgehead atoms. The Kier molecular flexibility index (Phi) is 5.40. The van der Waals surface area contributed by atoms with Crippen molar-refractivity contribution in [3.8, 4) is 0 Å². The molecule has 1 aliphatic rings. The van der Waals surface area contributed by atoms with Crippen molar-refractivity contribution in [2.24, 2.45) is 0 Å². The predicted octanol–water partition coefficient (Wildman–Crippen LogP) is 6.01. The van der Waals surface area contributed by atoms with Crippen LogP contribution in [0.15, 0.2) is 48.5 Å². The molecule has 0 spiro atoms. The topological polar surface area (TPSA) is 9.23 Å². The zero-order valence-electron chi connectivity index (χ0n) is 14.0. The van der Waals surface area contributed by atoms with Crippen molar-refractivity contribution >= 4 is 11.6 Å². The lowest BCUT2D eigenvalue weighted by atomic mass is 9.93. The van der Waals surface area contributed by atoms with Crippen molar-refractivity contribution in [3.63, 3.8) is 0 Å². The van der Waals surface area contributed by atoms with Gasteiger partial charge in [0.05, 0.1) is 12.2 Å². The van der Waals surface area contributed by atoms with Gasteiger partial charge in [-0.05, 0) is 47.9 Å². The Morgan fingerprint density at radius 2 is 1.17 bits per heavy atom. The summed E-state index contributed by atoms with van der Waals surface area (Å²) in [5, 5.41) is 0.162. The van der Waals surface area contributed by atoms with Gasteiger partial charge in [-0.1, -0.05) is 62.4 Å². The second kappa shape index (κ2) is 7.51. The third-order valence-electron chi connectivity index (χ3n) is 4.79. The second-order valence-electron chi connectivity index (χ2n) is 6.37. The molecule has 0 aliphatic carbocycles. The van der Waals surface area contributed by atoms with E-state index in [9.17, 15) is 0 Å². The molecule has 0 amide bonds. The molecule has 1 saturated heterocycles. The summed E-state index contributed by atoms with van der Waals surface area (Å²) in [6, 6.07) is 17.5. The fourth-order valence-electron chi connectivity index (χ4n) is 3.24. The Bertz CT molecular complexity index is 562. The minimum Gasteiger partial charge on any atom is -0.365 e. The molecule has 0 saturated carbocycles. The average molecular weight is 329 g/mol. The summed E-state index contributed by atoms with van der Waals surface area (Å²) in [5.41, 5.74) is 5.20. The molecule has 3 atom stereocenters. The van der Waals surface area contributed by atoms with Crippen molar-refractivity contribution in [1.82, 2.24) is 0 Å². The van der Waals surface area contributed by atoms with E-state index >= 15 is 0 Å². The molecule has 1 unspecified atom stereocenters. The van der Waals surface area contributed by atoms with Crippen LogP contribution in [0, 0.1) is 0 Å². The van der Waals surface area contributed by atoms with Gasteiger partial charge in [0.25, 0.3) is 0 Å². The molecule has 1 fully saturated rings. The van der Waals surface area contributed by atoms with E-state index in [0.717, 1.165) is 25.7 Å². The molecule has 23 heavy (non-hydrogen) atoms. The van der Waals surface area contributed by atoms with Gasteiger partial charge in [0.2, 0.25) is 0 Å². The summed E-state index contributed by atoms with van der Waals surface area (Å²) >= 11 is 6.54. The van der Waals surface area contributed by atoms with Gasteiger partial charge in [-0.15, -0.1) is 11.6 Å². The standard InChI is InChI=1S/C21H25ClO/c1-3-15-5-9-17(10-6-15)20-13-19(22)14-21(23-20)18-11-7-16(4-2)8-12-18/h5-12,19-21H,3-4,13-14H2,1-2H3/t19?,20-,21+. The number of benzene rings is 2. The van der Waals surface area contributed by atoms with Crippen LogP contribution in [0.25, 0.3) is 0 Å². The van der Waals surface area contributed by atoms with Crippen LogP contribution in [0.4, 0.5) is 0 Å². The molecular weight excluding hydrogens is 304 g/mol. The van der Waals surface area contributed by atoms with Crippen LogP contribution in [0.2, 0.25) is 0 Å². The van der Waals surface area contributed by atoms with E-state index in [1.54, 1.807) is 0 Å². The van der Waals surface area contributed by atoms with Crippen LogP contribution in [0.3, 0.4) is 0 Å². The zero-order valence-corrected chi connectivity index (χ0v) is 14.7. The third kappa shape index (κ3) is 3.97.